The Labute approximate surface area is 145 Å². The van der Waals surface area contributed by atoms with Gasteiger partial charge in [0.15, 0.2) is 0 Å². The molecule has 0 aliphatic heterocycles. The van der Waals surface area contributed by atoms with Gasteiger partial charge in [0.1, 0.15) is 5.82 Å². The van der Waals surface area contributed by atoms with Gasteiger partial charge in [-0.1, -0.05) is 29.3 Å². The number of rotatable bonds is 2. The second kappa shape index (κ2) is 5.43. The molecule has 25 heavy (non-hydrogen) atoms. The topological polar surface area (TPSA) is 39.1 Å². The highest BCUT2D eigenvalue weighted by Crippen LogP contribution is 2.33. The third-order valence-corrected chi connectivity index (χ3v) is 6.14. The number of hydrogen-bond acceptors (Lipinski definition) is 2. The van der Waals surface area contributed by atoms with Gasteiger partial charge in [0.05, 0.1) is 15.9 Å². The highest BCUT2D eigenvalue weighted by atomic mass is 32.2. The minimum Gasteiger partial charge on any atom is -0.233 e. The zero-order valence-corrected chi connectivity index (χ0v) is 14.6. The molecule has 0 saturated heterocycles. The Morgan fingerprint density at radius 3 is 2.16 bits per heavy atom. The molecule has 0 bridgehead atoms. The van der Waals surface area contributed by atoms with Gasteiger partial charge in [0, 0.05) is 10.8 Å². The molecule has 0 fully saturated rings. The van der Waals surface area contributed by atoms with Gasteiger partial charge in [-0.2, -0.15) is 0 Å². The van der Waals surface area contributed by atoms with Gasteiger partial charge in [0.25, 0.3) is 10.0 Å². The van der Waals surface area contributed by atoms with Crippen molar-refractivity contribution in [3.8, 4) is 0 Å². The van der Waals surface area contributed by atoms with E-state index in [0.717, 1.165) is 21.9 Å². The van der Waals surface area contributed by atoms with Gasteiger partial charge in [0.2, 0.25) is 0 Å². The summed E-state index contributed by atoms with van der Waals surface area (Å²) in [6, 6.07) is 16.5. The Balaban J connectivity index is 2.15. The van der Waals surface area contributed by atoms with E-state index in [0.29, 0.717) is 11.0 Å². The van der Waals surface area contributed by atoms with Crippen LogP contribution in [0.2, 0.25) is 0 Å². The molecule has 1 heterocycles. The average Bonchev–Trinajstić information content (AvgIpc) is 2.88. The SMILES string of the molecule is Cc1ccc(S(=O)(=O)n2c3ccc(C)cc3c3ccc(F)cc32)cc1. The van der Waals surface area contributed by atoms with Crippen molar-refractivity contribution >= 4 is 31.8 Å². The third-order valence-electron chi connectivity index (χ3n) is 4.40. The van der Waals surface area contributed by atoms with E-state index in [9.17, 15) is 12.8 Å². The monoisotopic (exact) mass is 353 g/mol. The number of halogens is 1. The molecule has 0 saturated carbocycles. The van der Waals surface area contributed by atoms with Crippen LogP contribution in [-0.2, 0) is 10.0 Å². The highest BCUT2D eigenvalue weighted by molar-refractivity contribution is 7.90. The molecule has 0 amide bonds. The summed E-state index contributed by atoms with van der Waals surface area (Å²) in [6.07, 6.45) is 0. The average molecular weight is 353 g/mol. The van der Waals surface area contributed by atoms with Gasteiger partial charge in [-0.15, -0.1) is 0 Å². The Kier molecular flexibility index (Phi) is 3.44. The summed E-state index contributed by atoms with van der Waals surface area (Å²) in [5, 5.41) is 1.52. The Morgan fingerprint density at radius 2 is 1.44 bits per heavy atom. The molecule has 4 rings (SSSR count). The van der Waals surface area contributed by atoms with Crippen LogP contribution in [0.3, 0.4) is 0 Å². The first-order valence-electron chi connectivity index (χ1n) is 7.90. The predicted octanol–water partition coefficient (Wildman–Crippen LogP) is 4.79. The van der Waals surface area contributed by atoms with Crippen molar-refractivity contribution in [3.63, 3.8) is 0 Å². The number of fused-ring (bicyclic) bond motifs is 3. The van der Waals surface area contributed by atoms with Gasteiger partial charge < -0.3 is 0 Å². The van der Waals surface area contributed by atoms with Crippen molar-refractivity contribution < 1.29 is 12.8 Å². The van der Waals surface area contributed by atoms with E-state index in [4.69, 9.17) is 0 Å². The fraction of sp³-hybridized carbons (Fsp3) is 0.100. The van der Waals surface area contributed by atoms with Crippen molar-refractivity contribution in [2.24, 2.45) is 0 Å². The maximum absolute atomic E-state index is 13.9. The van der Waals surface area contributed by atoms with E-state index in [2.05, 4.69) is 0 Å². The lowest BCUT2D eigenvalue weighted by molar-refractivity contribution is 0.590. The maximum atomic E-state index is 13.9. The zero-order chi connectivity index (χ0) is 17.8. The van der Waals surface area contributed by atoms with E-state index < -0.39 is 15.8 Å². The quantitative estimate of drug-likeness (QED) is 0.520. The van der Waals surface area contributed by atoms with Crippen LogP contribution in [0, 0.1) is 19.7 Å². The van der Waals surface area contributed by atoms with Crippen molar-refractivity contribution in [1.82, 2.24) is 3.97 Å². The lowest BCUT2D eigenvalue weighted by Crippen LogP contribution is -2.12. The van der Waals surface area contributed by atoms with Crippen LogP contribution in [0.15, 0.2) is 65.6 Å². The minimum absolute atomic E-state index is 0.182. The summed E-state index contributed by atoms with van der Waals surface area (Å²) >= 11 is 0. The normalized spacial score (nSPS) is 12.1. The Bertz CT molecular complexity index is 1220. The van der Waals surface area contributed by atoms with E-state index in [1.165, 1.54) is 16.1 Å². The first-order valence-corrected chi connectivity index (χ1v) is 9.34. The lowest BCUT2D eigenvalue weighted by Gasteiger charge is -2.10. The molecule has 0 aliphatic rings. The standard InChI is InChI=1S/C20H16FNO2S/c1-13-3-7-16(8-4-13)25(23,24)22-19-10-5-14(2)11-18(19)17-9-6-15(21)12-20(17)22/h3-12H,1-2H3. The molecule has 126 valence electrons. The molecule has 0 aliphatic carbocycles. The predicted molar refractivity (Wildman–Crippen MR) is 97.9 cm³/mol. The van der Waals surface area contributed by atoms with Crippen molar-refractivity contribution in [3.05, 3.63) is 77.6 Å². The molecule has 5 heteroatoms. The largest absolute Gasteiger partial charge is 0.268 e. The molecule has 0 atom stereocenters. The fourth-order valence-electron chi connectivity index (χ4n) is 3.15. The second-order valence-electron chi connectivity index (χ2n) is 6.26. The molecule has 3 nitrogen and oxygen atoms in total. The molecular formula is C20H16FNO2S. The number of aryl methyl sites for hydroxylation is 2. The van der Waals surface area contributed by atoms with Gasteiger partial charge >= 0.3 is 0 Å². The van der Waals surface area contributed by atoms with E-state index in [-0.39, 0.29) is 4.90 Å². The summed E-state index contributed by atoms with van der Waals surface area (Å²) in [7, 11) is -3.85. The molecule has 1 aromatic heterocycles. The van der Waals surface area contributed by atoms with Crippen LogP contribution in [0.4, 0.5) is 4.39 Å². The number of hydrogen-bond donors (Lipinski definition) is 0. The maximum Gasteiger partial charge on any atom is 0.268 e. The Morgan fingerprint density at radius 1 is 0.760 bits per heavy atom. The van der Waals surface area contributed by atoms with Crippen LogP contribution in [0.25, 0.3) is 21.8 Å². The van der Waals surface area contributed by atoms with Gasteiger partial charge in [-0.25, -0.2) is 16.8 Å². The molecule has 0 unspecified atom stereocenters. The van der Waals surface area contributed by atoms with E-state index in [1.807, 2.05) is 26.0 Å². The molecule has 0 N–H and O–H groups in total. The molecular weight excluding hydrogens is 337 g/mol. The van der Waals surface area contributed by atoms with Crippen LogP contribution in [-0.4, -0.2) is 12.4 Å². The summed E-state index contributed by atoms with van der Waals surface area (Å²) in [4.78, 5) is 0.182. The number of aromatic nitrogens is 1. The van der Waals surface area contributed by atoms with Crippen LogP contribution in [0.1, 0.15) is 11.1 Å². The van der Waals surface area contributed by atoms with Gasteiger partial charge in [-0.05, 0) is 56.3 Å². The van der Waals surface area contributed by atoms with Crippen LogP contribution in [0.5, 0.6) is 0 Å². The first-order chi connectivity index (χ1) is 11.9. The van der Waals surface area contributed by atoms with Crippen LogP contribution < -0.4 is 0 Å². The summed E-state index contributed by atoms with van der Waals surface area (Å²) < 4.78 is 41.6. The zero-order valence-electron chi connectivity index (χ0n) is 13.8. The second-order valence-corrected chi connectivity index (χ2v) is 8.05. The number of nitrogens with zero attached hydrogens (tertiary/aromatic N) is 1. The Hall–Kier alpha value is -2.66. The van der Waals surface area contributed by atoms with Crippen LogP contribution >= 0.6 is 0 Å². The van der Waals surface area contributed by atoms with E-state index in [1.54, 1.807) is 36.4 Å². The van der Waals surface area contributed by atoms with E-state index >= 15 is 0 Å². The molecule has 3 aromatic carbocycles. The smallest absolute Gasteiger partial charge is 0.233 e. The third kappa shape index (κ3) is 2.43. The van der Waals surface area contributed by atoms with Crippen molar-refractivity contribution in [2.75, 3.05) is 0 Å². The number of benzene rings is 3. The van der Waals surface area contributed by atoms with Gasteiger partial charge in [-0.3, -0.25) is 0 Å². The van der Waals surface area contributed by atoms with Crippen molar-refractivity contribution in [1.29, 1.82) is 0 Å². The highest BCUT2D eigenvalue weighted by Gasteiger charge is 2.23. The summed E-state index contributed by atoms with van der Waals surface area (Å²) in [5.74, 6) is -0.465. The lowest BCUT2D eigenvalue weighted by atomic mass is 10.1. The molecule has 0 radical (unpaired) electrons. The fourth-order valence-corrected chi connectivity index (χ4v) is 4.67. The first kappa shape index (κ1) is 15.8. The summed E-state index contributed by atoms with van der Waals surface area (Å²) in [5.41, 5.74) is 2.89. The molecule has 4 aromatic rings. The van der Waals surface area contributed by atoms with Crippen molar-refractivity contribution in [2.45, 2.75) is 18.7 Å². The molecule has 0 spiro atoms. The summed E-state index contributed by atoms with van der Waals surface area (Å²) in [6.45, 7) is 3.84. The minimum atomic E-state index is -3.85.